The van der Waals surface area contributed by atoms with E-state index in [1.165, 1.54) is 72.4 Å². The summed E-state index contributed by atoms with van der Waals surface area (Å²) in [5, 5.41) is 2.70. The standard InChI is InChI=1S/C41H56N4O2/c1-31-26-34-27-38-37(21-22-39(46)42-38)41(28-31)36(34)20-15-25-45(41)40(47)30-44(3)24-13-9-7-5-4-6-8-12-23-43(2)29-33-18-14-17-32-16-10-11-19-35(32)33/h10-11,14,16-19,21-22,26,34,36H,4-9,12-13,15,20,23-25,27-30H2,1-3H3,(H,42,46)/t34-,36+,41+/m0/s1. The van der Waals surface area contributed by atoms with E-state index in [4.69, 9.17) is 0 Å². The van der Waals surface area contributed by atoms with Gasteiger partial charge in [0.05, 0.1) is 12.1 Å². The molecule has 3 aromatic rings. The van der Waals surface area contributed by atoms with Gasteiger partial charge >= 0.3 is 0 Å². The number of hydrogen-bond donors (Lipinski definition) is 1. The molecule has 3 atom stereocenters. The van der Waals surface area contributed by atoms with Crippen LogP contribution in [0.1, 0.15) is 94.4 Å². The van der Waals surface area contributed by atoms with Gasteiger partial charge in [0.2, 0.25) is 11.5 Å². The topological polar surface area (TPSA) is 59.7 Å². The number of hydrogen-bond acceptors (Lipinski definition) is 4. The zero-order valence-electron chi connectivity index (χ0n) is 29.1. The fraction of sp³-hybridized carbons (Fsp3) is 0.561. The number of likely N-dealkylation sites (N-methyl/N-ethyl adjacent to an activating group) is 1. The lowest BCUT2D eigenvalue weighted by atomic mass is 9.56. The average Bonchev–Trinajstić information content (AvgIpc) is 3.05. The first-order chi connectivity index (χ1) is 22.8. The Balaban J connectivity index is 0.880. The largest absolute Gasteiger partial charge is 0.331 e. The predicted octanol–water partition coefficient (Wildman–Crippen LogP) is 7.67. The van der Waals surface area contributed by atoms with Crippen molar-refractivity contribution < 1.29 is 4.79 Å². The van der Waals surface area contributed by atoms with E-state index in [-0.39, 0.29) is 17.0 Å². The number of aromatic amines is 1. The first kappa shape index (κ1) is 33.7. The van der Waals surface area contributed by atoms with Gasteiger partial charge in [0, 0.05) is 24.8 Å². The van der Waals surface area contributed by atoms with Crippen LogP contribution < -0.4 is 5.56 Å². The number of carbonyl (C=O) groups excluding carboxylic acids is 1. The van der Waals surface area contributed by atoms with Crippen LogP contribution in [0.2, 0.25) is 0 Å². The van der Waals surface area contributed by atoms with Crippen LogP contribution in [0, 0.1) is 11.8 Å². The van der Waals surface area contributed by atoms with Gasteiger partial charge in [-0.1, -0.05) is 92.6 Å². The third-order valence-electron chi connectivity index (χ3n) is 11.3. The Hall–Kier alpha value is -3.22. The van der Waals surface area contributed by atoms with E-state index in [9.17, 15) is 9.59 Å². The van der Waals surface area contributed by atoms with Crippen LogP contribution in [0.3, 0.4) is 0 Å². The van der Waals surface area contributed by atoms with Crippen LogP contribution in [-0.2, 0) is 23.3 Å². The van der Waals surface area contributed by atoms with Crippen molar-refractivity contribution in [3.63, 3.8) is 0 Å². The molecule has 1 amide bonds. The van der Waals surface area contributed by atoms with E-state index >= 15 is 0 Å². The van der Waals surface area contributed by atoms with E-state index in [2.05, 4.69) is 89.2 Å². The van der Waals surface area contributed by atoms with Gasteiger partial charge in [-0.25, -0.2) is 0 Å². The number of nitrogens with zero attached hydrogens (tertiary/aromatic N) is 3. The lowest BCUT2D eigenvalue weighted by Crippen LogP contribution is -2.63. The van der Waals surface area contributed by atoms with Crippen molar-refractivity contribution in [3.05, 3.63) is 93.4 Å². The molecule has 252 valence electrons. The highest BCUT2D eigenvalue weighted by atomic mass is 16.2. The van der Waals surface area contributed by atoms with Crippen LogP contribution >= 0.6 is 0 Å². The van der Waals surface area contributed by atoms with Crippen LogP contribution in [-0.4, -0.2) is 65.9 Å². The summed E-state index contributed by atoms with van der Waals surface area (Å²) < 4.78 is 0. The molecule has 0 radical (unpaired) electrons. The molecular weight excluding hydrogens is 580 g/mol. The van der Waals surface area contributed by atoms with Crippen molar-refractivity contribution in [3.8, 4) is 0 Å². The Morgan fingerprint density at radius 2 is 1.60 bits per heavy atom. The van der Waals surface area contributed by atoms with Gasteiger partial charge in [-0.3, -0.25) is 14.5 Å². The second-order valence-electron chi connectivity index (χ2n) is 14.9. The first-order valence-electron chi connectivity index (χ1n) is 18.4. The predicted molar refractivity (Wildman–Crippen MR) is 193 cm³/mol. The van der Waals surface area contributed by atoms with Crippen molar-refractivity contribution in [1.29, 1.82) is 0 Å². The number of benzene rings is 2. The summed E-state index contributed by atoms with van der Waals surface area (Å²) in [7, 11) is 4.35. The number of nitrogens with one attached hydrogen (secondary N) is 1. The Morgan fingerprint density at radius 1 is 0.894 bits per heavy atom. The number of pyridine rings is 1. The fourth-order valence-electron chi connectivity index (χ4n) is 9.20. The summed E-state index contributed by atoms with van der Waals surface area (Å²) in [6.45, 7) is 6.62. The minimum atomic E-state index is -0.316. The van der Waals surface area contributed by atoms with Gasteiger partial charge in [-0.15, -0.1) is 0 Å². The molecule has 1 fully saturated rings. The van der Waals surface area contributed by atoms with Crippen molar-refractivity contribution in [2.24, 2.45) is 11.8 Å². The molecule has 0 saturated carbocycles. The van der Waals surface area contributed by atoms with Crippen molar-refractivity contribution in [2.75, 3.05) is 40.3 Å². The van der Waals surface area contributed by atoms with Gasteiger partial charge in [0.25, 0.3) is 0 Å². The molecule has 2 heterocycles. The molecule has 2 aliphatic carbocycles. The maximum absolute atomic E-state index is 14.0. The molecule has 6 rings (SSSR count). The second kappa shape index (κ2) is 15.3. The number of carbonyl (C=O) groups is 1. The molecule has 47 heavy (non-hydrogen) atoms. The molecule has 1 saturated heterocycles. The molecule has 2 aromatic carbocycles. The summed E-state index contributed by atoms with van der Waals surface area (Å²) in [5.74, 6) is 1.07. The quantitative estimate of drug-likeness (QED) is 0.137. The van der Waals surface area contributed by atoms with Gasteiger partial charge in [0.15, 0.2) is 0 Å². The molecular formula is C41H56N4O2. The highest BCUT2D eigenvalue weighted by Crippen LogP contribution is 2.56. The molecule has 1 aromatic heterocycles. The van der Waals surface area contributed by atoms with Crippen molar-refractivity contribution in [2.45, 2.75) is 96.1 Å². The number of allylic oxidation sites excluding steroid dienone is 1. The molecule has 3 aliphatic rings. The van der Waals surface area contributed by atoms with Crippen LogP contribution in [0.5, 0.6) is 0 Å². The maximum atomic E-state index is 14.0. The molecule has 2 bridgehead atoms. The number of fused-ring (bicyclic) bond motifs is 2. The molecule has 6 heteroatoms. The molecule has 0 unspecified atom stereocenters. The molecule has 6 nitrogen and oxygen atoms in total. The summed E-state index contributed by atoms with van der Waals surface area (Å²) in [6.07, 6.45) is 16.6. The zero-order valence-corrected chi connectivity index (χ0v) is 29.1. The highest BCUT2D eigenvalue weighted by molar-refractivity contribution is 5.85. The van der Waals surface area contributed by atoms with Crippen LogP contribution in [0.4, 0.5) is 0 Å². The fourth-order valence-corrected chi connectivity index (χ4v) is 9.20. The minimum Gasteiger partial charge on any atom is -0.331 e. The van der Waals surface area contributed by atoms with Crippen molar-refractivity contribution >= 4 is 16.7 Å². The number of piperidine rings is 1. The second-order valence-corrected chi connectivity index (χ2v) is 14.9. The maximum Gasteiger partial charge on any atom is 0.248 e. The minimum absolute atomic E-state index is 0.0397. The first-order valence-corrected chi connectivity index (χ1v) is 18.4. The lowest BCUT2D eigenvalue weighted by Gasteiger charge is -2.59. The van der Waals surface area contributed by atoms with Gasteiger partial charge < -0.3 is 14.8 Å². The number of H-pyrrole nitrogens is 1. The Bertz CT molecular complexity index is 1600. The van der Waals surface area contributed by atoms with E-state index in [0.717, 1.165) is 64.0 Å². The van der Waals surface area contributed by atoms with Crippen molar-refractivity contribution in [1.82, 2.24) is 19.7 Å². The number of likely N-dealkylation sites (tertiary alicyclic amines) is 1. The Labute approximate surface area is 282 Å². The summed E-state index contributed by atoms with van der Waals surface area (Å²) >= 11 is 0. The van der Waals surface area contributed by atoms with Gasteiger partial charge in [-0.2, -0.15) is 0 Å². The monoisotopic (exact) mass is 636 g/mol. The smallest absolute Gasteiger partial charge is 0.248 e. The molecule has 1 aliphatic heterocycles. The number of aromatic nitrogens is 1. The zero-order chi connectivity index (χ0) is 32.8. The lowest BCUT2D eigenvalue weighted by molar-refractivity contribution is -0.149. The summed E-state index contributed by atoms with van der Waals surface area (Å²) in [5.41, 5.74) is 4.67. The number of unbranched alkanes of at least 4 members (excludes halogenated alkanes) is 7. The SMILES string of the molecule is CC1=C[C@H]2Cc3[nH]c(=O)ccc3[C@@]3(C1)[C@@H]2CCCN3C(=O)CN(C)CCCCCCCCCCN(C)Cc1cccc2ccccc12. The molecule has 1 N–H and O–H groups in total. The Kier molecular flexibility index (Phi) is 11.0. The normalized spacial score (nSPS) is 22.0. The third kappa shape index (κ3) is 7.60. The van der Waals surface area contributed by atoms with E-state index in [1.54, 1.807) is 6.07 Å². The van der Waals surface area contributed by atoms with E-state index in [1.807, 2.05) is 6.07 Å². The average molecular weight is 637 g/mol. The molecule has 0 spiro atoms. The number of rotatable bonds is 15. The third-order valence-corrected chi connectivity index (χ3v) is 11.3. The van der Waals surface area contributed by atoms with Crippen LogP contribution in [0.25, 0.3) is 10.8 Å². The van der Waals surface area contributed by atoms with Gasteiger partial charge in [-0.05, 0) is 112 Å². The summed E-state index contributed by atoms with van der Waals surface area (Å²) in [6, 6.07) is 19.0. The Morgan fingerprint density at radius 3 is 2.38 bits per heavy atom. The van der Waals surface area contributed by atoms with E-state index < -0.39 is 0 Å². The number of amides is 1. The highest BCUT2D eigenvalue weighted by Gasteiger charge is 2.56. The van der Waals surface area contributed by atoms with Gasteiger partial charge in [0.1, 0.15) is 0 Å². The van der Waals surface area contributed by atoms with E-state index in [0.29, 0.717) is 18.4 Å². The van der Waals surface area contributed by atoms with Crippen LogP contribution in [0.15, 0.2) is 71.0 Å². The summed E-state index contributed by atoms with van der Waals surface area (Å²) in [4.78, 5) is 36.3.